The van der Waals surface area contributed by atoms with Gasteiger partial charge in [0.15, 0.2) is 5.76 Å². The first-order chi connectivity index (χ1) is 20.2. The molecule has 43 heavy (non-hydrogen) atoms. The summed E-state index contributed by atoms with van der Waals surface area (Å²) in [7, 11) is 1.61. The number of amides is 2. The number of pyridine rings is 1. The summed E-state index contributed by atoms with van der Waals surface area (Å²) in [4.78, 5) is 39.3. The van der Waals surface area contributed by atoms with E-state index in [0.717, 1.165) is 12.1 Å². The number of furan rings is 1. The number of hydrogen-bond acceptors (Lipinski definition) is 9. The molecule has 3 N–H and O–H groups in total. The minimum Gasteiger partial charge on any atom is -0.484 e. The van der Waals surface area contributed by atoms with Gasteiger partial charge in [0, 0.05) is 29.8 Å². The van der Waals surface area contributed by atoms with E-state index in [-0.39, 0.29) is 60.9 Å². The third-order valence-electron chi connectivity index (χ3n) is 6.32. The first kappa shape index (κ1) is 29.5. The smallest absolute Gasteiger partial charge is 0.433 e. The van der Waals surface area contributed by atoms with Crippen LogP contribution in [-0.2, 0) is 19.8 Å². The second kappa shape index (κ2) is 11.0. The Hall–Kier alpha value is -4.96. The van der Waals surface area contributed by atoms with E-state index in [1.165, 1.54) is 35.1 Å². The number of thiophene rings is 1. The average molecular weight is 635 g/mol. The largest absolute Gasteiger partial charge is 0.484 e. The summed E-state index contributed by atoms with van der Waals surface area (Å²) in [5, 5.41) is 17.8. The molecule has 0 radical (unpaired) electrons. The van der Waals surface area contributed by atoms with Crippen molar-refractivity contribution < 1.29 is 36.8 Å². The number of carbonyl (C=O) groups is 2. The van der Waals surface area contributed by atoms with E-state index in [1.807, 2.05) is 0 Å². The molecule has 0 aliphatic heterocycles. The molecular formula is C26H18ClF3N6O6S. The molecule has 0 unspecified atom stereocenters. The minimum atomic E-state index is -4.80. The maximum atomic E-state index is 13.8. The number of nitro groups is 1. The minimum absolute atomic E-state index is 0.0121. The SMILES string of the molecule is Cc1c(-c2cc(C(F)(F)F)nc3sc(C(N)=O)c(NC(=O)c4ccc(COc5cc([N+](=O)[O-])ccc5Cl)o4)c23)cnn1C. The lowest BCUT2D eigenvalue weighted by molar-refractivity contribution is -0.384. The average Bonchev–Trinajstić information content (AvgIpc) is 3.65. The zero-order valence-corrected chi connectivity index (χ0v) is 23.6. The van der Waals surface area contributed by atoms with Crippen molar-refractivity contribution in [3.05, 3.63) is 85.5 Å². The van der Waals surface area contributed by atoms with Gasteiger partial charge in [-0.25, -0.2) is 4.98 Å². The van der Waals surface area contributed by atoms with Crippen LogP contribution in [-0.4, -0.2) is 31.5 Å². The van der Waals surface area contributed by atoms with Crippen LogP contribution in [0.15, 0.2) is 47.0 Å². The van der Waals surface area contributed by atoms with Crippen molar-refractivity contribution in [2.45, 2.75) is 19.7 Å². The number of alkyl halides is 3. The van der Waals surface area contributed by atoms with Crippen molar-refractivity contribution in [1.29, 1.82) is 0 Å². The Morgan fingerprint density at radius 1 is 1.23 bits per heavy atom. The van der Waals surface area contributed by atoms with Crippen LogP contribution in [0.1, 0.15) is 37.4 Å². The summed E-state index contributed by atoms with van der Waals surface area (Å²) in [6.45, 7) is 1.39. The lowest BCUT2D eigenvalue weighted by Gasteiger charge is -2.12. The topological polar surface area (TPSA) is 168 Å². The number of fused-ring (bicyclic) bond motifs is 1. The van der Waals surface area contributed by atoms with E-state index in [2.05, 4.69) is 15.4 Å². The van der Waals surface area contributed by atoms with E-state index in [1.54, 1.807) is 14.0 Å². The summed E-state index contributed by atoms with van der Waals surface area (Å²) >= 11 is 6.64. The standard InChI is InChI=1S/C26H18ClF3N6O6S/c1-11-15(9-32-35(11)2)14-8-19(26(28,29)30)33-25-20(14)21(22(43-25)23(31)37)34-24(38)17-6-4-13(42-17)10-41-18-7-12(36(39)40)3-5-16(18)27/h3-9H,10H2,1-2H3,(H2,31,37)(H,34,38). The van der Waals surface area contributed by atoms with E-state index >= 15 is 0 Å². The van der Waals surface area contributed by atoms with Crippen molar-refractivity contribution in [2.75, 3.05) is 5.32 Å². The number of non-ortho nitro benzene ring substituents is 1. The number of carbonyl (C=O) groups excluding carboxylic acids is 2. The van der Waals surface area contributed by atoms with Gasteiger partial charge in [-0.15, -0.1) is 11.3 Å². The monoisotopic (exact) mass is 634 g/mol. The molecule has 0 spiro atoms. The number of anilines is 1. The molecule has 4 heterocycles. The molecule has 222 valence electrons. The summed E-state index contributed by atoms with van der Waals surface area (Å²) in [5.74, 6) is -1.93. The van der Waals surface area contributed by atoms with Crippen LogP contribution in [0, 0.1) is 17.0 Å². The number of primary amides is 1. The molecule has 0 aliphatic rings. The number of nitrogens with two attached hydrogens (primary N) is 1. The molecular weight excluding hydrogens is 617 g/mol. The molecule has 2 amide bonds. The Balaban J connectivity index is 1.50. The van der Waals surface area contributed by atoms with Crippen molar-refractivity contribution in [3.8, 4) is 16.9 Å². The maximum absolute atomic E-state index is 13.8. The molecule has 5 aromatic rings. The number of nitrogens with zero attached hydrogens (tertiary/aromatic N) is 4. The molecule has 1 aromatic carbocycles. The van der Waals surface area contributed by atoms with E-state index in [0.29, 0.717) is 22.6 Å². The summed E-state index contributed by atoms with van der Waals surface area (Å²) in [6, 6.07) is 7.16. The first-order valence-electron chi connectivity index (χ1n) is 12.0. The highest BCUT2D eigenvalue weighted by Crippen LogP contribution is 2.44. The lowest BCUT2D eigenvalue weighted by atomic mass is 10.0. The second-order valence-electron chi connectivity index (χ2n) is 9.05. The summed E-state index contributed by atoms with van der Waals surface area (Å²) < 4.78 is 53.8. The van der Waals surface area contributed by atoms with Gasteiger partial charge in [-0.2, -0.15) is 18.3 Å². The Bertz CT molecular complexity index is 1930. The number of hydrogen-bond donors (Lipinski definition) is 2. The summed E-state index contributed by atoms with van der Waals surface area (Å²) in [6.07, 6.45) is -3.44. The predicted octanol–water partition coefficient (Wildman–Crippen LogP) is 6.11. The fourth-order valence-corrected chi connectivity index (χ4v) is 5.31. The highest BCUT2D eigenvalue weighted by atomic mass is 35.5. The van der Waals surface area contributed by atoms with Crippen LogP contribution >= 0.6 is 22.9 Å². The molecule has 0 atom stereocenters. The van der Waals surface area contributed by atoms with Crippen LogP contribution in [0.25, 0.3) is 21.3 Å². The van der Waals surface area contributed by atoms with Gasteiger partial charge in [0.1, 0.15) is 33.5 Å². The highest BCUT2D eigenvalue weighted by molar-refractivity contribution is 7.21. The van der Waals surface area contributed by atoms with Crippen LogP contribution < -0.4 is 15.8 Å². The zero-order chi connectivity index (χ0) is 31.2. The van der Waals surface area contributed by atoms with Gasteiger partial charge in [-0.05, 0) is 36.8 Å². The predicted molar refractivity (Wildman–Crippen MR) is 149 cm³/mol. The fourth-order valence-electron chi connectivity index (χ4n) is 4.13. The number of ether oxygens (including phenoxy) is 1. The van der Waals surface area contributed by atoms with Crippen molar-refractivity contribution in [3.63, 3.8) is 0 Å². The van der Waals surface area contributed by atoms with Crippen LogP contribution in [0.5, 0.6) is 5.75 Å². The van der Waals surface area contributed by atoms with Gasteiger partial charge < -0.3 is 20.2 Å². The van der Waals surface area contributed by atoms with Crippen LogP contribution in [0.4, 0.5) is 24.5 Å². The molecule has 17 heteroatoms. The number of benzene rings is 1. The van der Waals surface area contributed by atoms with Gasteiger partial charge in [0.05, 0.1) is 27.9 Å². The lowest BCUT2D eigenvalue weighted by Crippen LogP contribution is -2.16. The quantitative estimate of drug-likeness (QED) is 0.152. The van der Waals surface area contributed by atoms with Gasteiger partial charge in [0.25, 0.3) is 17.5 Å². The second-order valence-corrected chi connectivity index (χ2v) is 10.5. The third kappa shape index (κ3) is 5.74. The molecule has 4 aromatic heterocycles. The van der Waals surface area contributed by atoms with E-state index in [4.69, 9.17) is 26.5 Å². The number of nitrogens with one attached hydrogen (secondary N) is 1. The molecule has 0 aliphatic carbocycles. The van der Waals surface area contributed by atoms with Crippen LogP contribution in [0.3, 0.4) is 0 Å². The Morgan fingerprint density at radius 3 is 2.60 bits per heavy atom. The number of rotatable bonds is 8. The Morgan fingerprint density at radius 2 is 1.98 bits per heavy atom. The molecule has 0 saturated heterocycles. The van der Waals surface area contributed by atoms with Gasteiger partial charge in [-0.3, -0.25) is 24.4 Å². The van der Waals surface area contributed by atoms with Gasteiger partial charge in [0.2, 0.25) is 0 Å². The first-order valence-corrected chi connectivity index (χ1v) is 13.2. The third-order valence-corrected chi connectivity index (χ3v) is 7.73. The normalized spacial score (nSPS) is 11.6. The number of aromatic nitrogens is 3. The molecule has 5 rings (SSSR count). The number of halogens is 4. The van der Waals surface area contributed by atoms with E-state index < -0.39 is 28.6 Å². The fraction of sp³-hybridized carbons (Fsp3) is 0.154. The van der Waals surface area contributed by atoms with Crippen molar-refractivity contribution >= 4 is 56.3 Å². The molecule has 0 saturated carbocycles. The van der Waals surface area contributed by atoms with Gasteiger partial charge in [-0.1, -0.05) is 11.6 Å². The zero-order valence-electron chi connectivity index (χ0n) is 22.0. The summed E-state index contributed by atoms with van der Waals surface area (Å²) in [5.41, 5.74) is 4.82. The highest BCUT2D eigenvalue weighted by Gasteiger charge is 2.35. The molecule has 0 bridgehead atoms. The Labute approximate surface area is 248 Å². The van der Waals surface area contributed by atoms with Crippen molar-refractivity contribution in [2.24, 2.45) is 12.8 Å². The number of nitro benzene ring substituents is 1. The number of aryl methyl sites for hydroxylation is 1. The van der Waals surface area contributed by atoms with Gasteiger partial charge >= 0.3 is 6.18 Å². The molecule has 0 fully saturated rings. The van der Waals surface area contributed by atoms with Crippen molar-refractivity contribution in [1.82, 2.24) is 14.8 Å². The maximum Gasteiger partial charge on any atom is 0.433 e. The van der Waals surface area contributed by atoms with Crippen LogP contribution in [0.2, 0.25) is 5.02 Å². The van der Waals surface area contributed by atoms with E-state index in [9.17, 15) is 32.9 Å². The molecule has 12 nitrogen and oxygen atoms in total. The Kier molecular flexibility index (Phi) is 7.58.